The summed E-state index contributed by atoms with van der Waals surface area (Å²) in [6.07, 6.45) is 2.19. The fourth-order valence-electron chi connectivity index (χ4n) is 3.15. The summed E-state index contributed by atoms with van der Waals surface area (Å²) in [5, 5.41) is 0. The fourth-order valence-corrected chi connectivity index (χ4v) is 5.29. The number of hydrogen-bond donors (Lipinski definition) is 0. The highest BCUT2D eigenvalue weighted by molar-refractivity contribution is 9.13. The van der Waals surface area contributed by atoms with Gasteiger partial charge in [0, 0.05) is 11.8 Å². The Morgan fingerprint density at radius 1 is 1.00 bits per heavy atom. The molecule has 4 bridgehead atoms. The van der Waals surface area contributed by atoms with Gasteiger partial charge in [0.2, 0.25) is 0 Å². The third-order valence-corrected chi connectivity index (χ3v) is 7.09. The maximum Gasteiger partial charge on any atom is 0.154 e. The van der Waals surface area contributed by atoms with E-state index in [4.69, 9.17) is 0 Å². The molecule has 0 radical (unpaired) electrons. The first kappa shape index (κ1) is 8.60. The van der Waals surface area contributed by atoms with E-state index in [1.807, 2.05) is 0 Å². The summed E-state index contributed by atoms with van der Waals surface area (Å²) in [6, 6.07) is 0. The first-order valence-electron chi connectivity index (χ1n) is 4.45. The van der Waals surface area contributed by atoms with E-state index in [9.17, 15) is 9.59 Å². The van der Waals surface area contributed by atoms with Gasteiger partial charge in [-0.2, -0.15) is 0 Å². The summed E-state index contributed by atoms with van der Waals surface area (Å²) in [4.78, 5) is 23.7. The summed E-state index contributed by atoms with van der Waals surface area (Å²) in [5.41, 5.74) is 0. The fraction of sp³-hybridized carbons (Fsp3) is 0.778. The molecule has 0 spiro atoms. The van der Waals surface area contributed by atoms with Gasteiger partial charge < -0.3 is 0 Å². The first-order chi connectivity index (χ1) is 5.99. The second kappa shape index (κ2) is 2.11. The Morgan fingerprint density at radius 3 is 1.77 bits per heavy atom. The first-order valence-corrected chi connectivity index (χ1v) is 6.04. The average Bonchev–Trinajstić information content (AvgIpc) is 2.31. The Balaban J connectivity index is 2.24. The molecule has 0 heterocycles. The smallest absolute Gasteiger partial charge is 0.154 e. The molecule has 4 atom stereocenters. The standard InChI is InChI=1S/C9H8Br2O2/c10-8-2-4-1-5(7(8)13)3-9(8,11)6(4)12/h4-5H,1-3H2. The van der Waals surface area contributed by atoms with Crippen molar-refractivity contribution in [1.29, 1.82) is 0 Å². The highest BCUT2D eigenvalue weighted by Gasteiger charge is 2.74. The van der Waals surface area contributed by atoms with Crippen LogP contribution in [0.1, 0.15) is 19.3 Å². The van der Waals surface area contributed by atoms with Crippen molar-refractivity contribution in [1.82, 2.24) is 0 Å². The minimum absolute atomic E-state index is 0.121. The van der Waals surface area contributed by atoms with Gasteiger partial charge >= 0.3 is 0 Å². The molecule has 0 aromatic carbocycles. The minimum Gasteiger partial charge on any atom is -0.298 e. The van der Waals surface area contributed by atoms with Crippen LogP contribution in [0.5, 0.6) is 0 Å². The number of Topliss-reactive ketones (excluding diaryl/α,β-unsaturated/α-hetero) is 2. The van der Waals surface area contributed by atoms with Crippen LogP contribution in [-0.2, 0) is 9.59 Å². The number of carbonyl (C=O) groups is 2. The molecule has 4 unspecified atom stereocenters. The summed E-state index contributed by atoms with van der Waals surface area (Å²) in [5.74, 6) is 0.725. The number of rotatable bonds is 0. The molecule has 4 fully saturated rings. The van der Waals surface area contributed by atoms with Crippen LogP contribution in [0.4, 0.5) is 0 Å². The molecule has 0 amide bonds. The molecule has 4 rings (SSSR count). The Morgan fingerprint density at radius 2 is 1.38 bits per heavy atom. The summed E-state index contributed by atoms with van der Waals surface area (Å²) in [7, 11) is 0. The monoisotopic (exact) mass is 306 g/mol. The van der Waals surface area contributed by atoms with Gasteiger partial charge in [-0.25, -0.2) is 0 Å². The van der Waals surface area contributed by atoms with Crippen molar-refractivity contribution in [3.05, 3.63) is 0 Å². The molecule has 0 saturated heterocycles. The molecular weight excluding hydrogens is 300 g/mol. The van der Waals surface area contributed by atoms with Crippen molar-refractivity contribution < 1.29 is 9.59 Å². The number of ketones is 2. The van der Waals surface area contributed by atoms with Crippen LogP contribution in [0, 0.1) is 11.8 Å². The van der Waals surface area contributed by atoms with Crippen molar-refractivity contribution >= 4 is 43.4 Å². The van der Waals surface area contributed by atoms with Crippen LogP contribution in [0.3, 0.4) is 0 Å². The molecule has 4 aliphatic rings. The van der Waals surface area contributed by atoms with Crippen LogP contribution in [-0.4, -0.2) is 20.2 Å². The number of carbonyl (C=O) groups excluding carboxylic acids is 2. The van der Waals surface area contributed by atoms with Gasteiger partial charge in [0.1, 0.15) is 8.65 Å². The Bertz CT molecular complexity index is 309. The maximum absolute atomic E-state index is 11.9. The zero-order valence-electron chi connectivity index (χ0n) is 6.85. The lowest BCUT2D eigenvalue weighted by Crippen LogP contribution is -2.43. The van der Waals surface area contributed by atoms with E-state index in [1.165, 1.54) is 0 Å². The zero-order valence-corrected chi connectivity index (χ0v) is 10.0. The van der Waals surface area contributed by atoms with Gasteiger partial charge in [-0.15, -0.1) is 0 Å². The Labute approximate surface area is 92.7 Å². The summed E-state index contributed by atoms with van der Waals surface area (Å²) in [6.45, 7) is 0. The molecular formula is C9H8Br2O2. The number of alkyl halides is 2. The van der Waals surface area contributed by atoms with E-state index >= 15 is 0 Å². The largest absolute Gasteiger partial charge is 0.298 e. The summed E-state index contributed by atoms with van der Waals surface area (Å²) >= 11 is 6.98. The van der Waals surface area contributed by atoms with E-state index in [0.29, 0.717) is 12.8 Å². The van der Waals surface area contributed by atoms with E-state index in [2.05, 4.69) is 31.9 Å². The molecule has 0 aliphatic heterocycles. The van der Waals surface area contributed by atoms with Crippen molar-refractivity contribution in [3.63, 3.8) is 0 Å². The third-order valence-electron chi connectivity index (χ3n) is 3.78. The lowest BCUT2D eigenvalue weighted by molar-refractivity contribution is -0.126. The molecule has 13 heavy (non-hydrogen) atoms. The predicted octanol–water partition coefficient (Wildman–Crippen LogP) is 1.84. The second-order valence-electron chi connectivity index (χ2n) is 4.37. The van der Waals surface area contributed by atoms with Gasteiger partial charge in [0.15, 0.2) is 11.6 Å². The topological polar surface area (TPSA) is 34.1 Å². The van der Waals surface area contributed by atoms with E-state index < -0.39 is 8.65 Å². The van der Waals surface area contributed by atoms with E-state index in [1.54, 1.807) is 0 Å². The Hall–Kier alpha value is 0.300. The highest BCUT2D eigenvalue weighted by Crippen LogP contribution is 2.66. The Kier molecular flexibility index (Phi) is 1.39. The van der Waals surface area contributed by atoms with Crippen molar-refractivity contribution in [2.75, 3.05) is 0 Å². The second-order valence-corrected chi connectivity index (χ2v) is 7.08. The van der Waals surface area contributed by atoms with Crippen molar-refractivity contribution in [2.45, 2.75) is 27.9 Å². The van der Waals surface area contributed by atoms with E-state index in [-0.39, 0.29) is 23.4 Å². The van der Waals surface area contributed by atoms with E-state index in [0.717, 1.165) is 6.42 Å². The average molecular weight is 308 g/mol. The quantitative estimate of drug-likeness (QED) is 0.640. The van der Waals surface area contributed by atoms with Crippen LogP contribution >= 0.6 is 31.9 Å². The summed E-state index contributed by atoms with van der Waals surface area (Å²) < 4.78 is -1.13. The number of hydrogen-bond acceptors (Lipinski definition) is 2. The molecule has 0 aromatic rings. The van der Waals surface area contributed by atoms with Crippen molar-refractivity contribution in [3.8, 4) is 0 Å². The number of halogens is 2. The maximum atomic E-state index is 11.9. The predicted molar refractivity (Wildman–Crippen MR) is 54.2 cm³/mol. The molecule has 4 heteroatoms. The van der Waals surface area contributed by atoms with Crippen LogP contribution < -0.4 is 0 Å². The molecule has 4 aliphatic carbocycles. The third kappa shape index (κ3) is 0.696. The molecule has 0 aromatic heterocycles. The molecule has 4 saturated carbocycles. The van der Waals surface area contributed by atoms with Crippen molar-refractivity contribution in [2.24, 2.45) is 11.8 Å². The normalized spacial score (nSPS) is 58.0. The van der Waals surface area contributed by atoms with Crippen LogP contribution in [0.2, 0.25) is 0 Å². The zero-order chi connectivity index (χ0) is 9.43. The van der Waals surface area contributed by atoms with Crippen LogP contribution in [0.15, 0.2) is 0 Å². The SMILES string of the molecule is O=C1C2CC3CC1(Br)C(Br)(C2)C3=O. The van der Waals surface area contributed by atoms with Gasteiger partial charge in [0.05, 0.1) is 0 Å². The molecule has 0 N–H and O–H groups in total. The van der Waals surface area contributed by atoms with Crippen LogP contribution in [0.25, 0.3) is 0 Å². The van der Waals surface area contributed by atoms with Gasteiger partial charge in [-0.1, -0.05) is 31.9 Å². The van der Waals surface area contributed by atoms with Gasteiger partial charge in [0.25, 0.3) is 0 Å². The molecule has 2 nitrogen and oxygen atoms in total. The van der Waals surface area contributed by atoms with Gasteiger partial charge in [-0.3, -0.25) is 9.59 Å². The lowest BCUT2D eigenvalue weighted by Gasteiger charge is -2.26. The minimum atomic E-state index is -0.565. The lowest BCUT2D eigenvalue weighted by atomic mass is 9.81. The highest BCUT2D eigenvalue weighted by atomic mass is 79.9. The van der Waals surface area contributed by atoms with Gasteiger partial charge in [-0.05, 0) is 19.3 Å². The molecule has 70 valence electrons.